The lowest BCUT2D eigenvalue weighted by Gasteiger charge is -2.13. The van der Waals surface area contributed by atoms with Gasteiger partial charge in [-0.15, -0.1) is 0 Å². The zero-order chi connectivity index (χ0) is 21.1. The number of rotatable bonds is 10. The summed E-state index contributed by atoms with van der Waals surface area (Å²) >= 11 is 0. The Morgan fingerprint density at radius 3 is 2.24 bits per heavy atom. The molecular formula is C23H33N3O3. The van der Waals surface area contributed by atoms with Crippen LogP contribution in [0.4, 0.5) is 0 Å². The van der Waals surface area contributed by atoms with Gasteiger partial charge in [0.25, 0.3) is 0 Å². The minimum atomic E-state index is 0.683. The van der Waals surface area contributed by atoms with E-state index in [0.29, 0.717) is 6.54 Å². The van der Waals surface area contributed by atoms with Crippen LogP contribution < -0.4 is 24.8 Å². The van der Waals surface area contributed by atoms with Gasteiger partial charge in [-0.2, -0.15) is 0 Å². The minimum absolute atomic E-state index is 0.683. The maximum Gasteiger partial charge on any atom is 0.191 e. The Morgan fingerprint density at radius 1 is 0.897 bits per heavy atom. The number of nitrogens with one attached hydrogen (secondary N) is 2. The van der Waals surface area contributed by atoms with E-state index in [1.165, 1.54) is 11.1 Å². The van der Waals surface area contributed by atoms with E-state index in [2.05, 4.69) is 36.6 Å². The van der Waals surface area contributed by atoms with Crippen LogP contribution in [0.15, 0.2) is 41.4 Å². The number of methoxy groups -OCH3 is 3. The van der Waals surface area contributed by atoms with Gasteiger partial charge >= 0.3 is 0 Å². The predicted octanol–water partition coefficient (Wildman–Crippen LogP) is 3.36. The molecule has 0 spiro atoms. The Hall–Kier alpha value is -2.89. The molecule has 2 aromatic rings. The van der Waals surface area contributed by atoms with E-state index in [1.807, 2.05) is 24.3 Å². The lowest BCUT2D eigenvalue weighted by molar-refractivity contribution is 0.393. The molecule has 0 heterocycles. The van der Waals surface area contributed by atoms with Crippen molar-refractivity contribution in [3.8, 4) is 17.2 Å². The largest absolute Gasteiger partial charge is 0.497 e. The van der Waals surface area contributed by atoms with Crippen molar-refractivity contribution < 1.29 is 14.2 Å². The summed E-state index contributed by atoms with van der Waals surface area (Å²) < 4.78 is 16.1. The van der Waals surface area contributed by atoms with E-state index >= 15 is 0 Å². The first kappa shape index (κ1) is 22.4. The standard InChI is InChI=1S/C23H33N3O3/c1-6-24-23(26-12-10-19-13-17(2)7-8-22(19)29-5)25-11-9-18-14-20(27-3)16-21(15-18)28-4/h7-8,13-16H,6,9-12H2,1-5H3,(H2,24,25,26). The van der Waals surface area contributed by atoms with Gasteiger partial charge in [-0.05, 0) is 56.0 Å². The topological polar surface area (TPSA) is 64.1 Å². The Labute approximate surface area is 174 Å². The maximum atomic E-state index is 5.46. The van der Waals surface area contributed by atoms with Crippen molar-refractivity contribution >= 4 is 5.96 Å². The van der Waals surface area contributed by atoms with Crippen molar-refractivity contribution in [2.24, 2.45) is 4.99 Å². The van der Waals surface area contributed by atoms with Crippen LogP contribution in [0.1, 0.15) is 23.6 Å². The fourth-order valence-electron chi connectivity index (χ4n) is 3.07. The number of aliphatic imine (C=N–C) groups is 1. The molecule has 0 fully saturated rings. The van der Waals surface area contributed by atoms with Crippen molar-refractivity contribution in [2.45, 2.75) is 26.7 Å². The third kappa shape index (κ3) is 7.22. The van der Waals surface area contributed by atoms with Crippen LogP contribution in [0.3, 0.4) is 0 Å². The summed E-state index contributed by atoms with van der Waals surface area (Å²) in [7, 11) is 5.03. The first-order valence-electron chi connectivity index (χ1n) is 9.97. The molecule has 2 rings (SSSR count). The number of nitrogens with zero attached hydrogens (tertiary/aromatic N) is 1. The summed E-state index contributed by atoms with van der Waals surface area (Å²) in [4.78, 5) is 4.70. The third-order valence-corrected chi connectivity index (χ3v) is 4.55. The van der Waals surface area contributed by atoms with E-state index in [4.69, 9.17) is 19.2 Å². The Morgan fingerprint density at radius 2 is 1.62 bits per heavy atom. The molecule has 0 amide bonds. The average Bonchev–Trinajstić information content (AvgIpc) is 2.73. The highest BCUT2D eigenvalue weighted by Crippen LogP contribution is 2.22. The van der Waals surface area contributed by atoms with Crippen LogP contribution in [0.5, 0.6) is 17.2 Å². The molecule has 29 heavy (non-hydrogen) atoms. The molecular weight excluding hydrogens is 366 g/mol. The van der Waals surface area contributed by atoms with Crippen molar-refractivity contribution in [3.63, 3.8) is 0 Å². The molecule has 0 atom stereocenters. The molecule has 0 unspecified atom stereocenters. The van der Waals surface area contributed by atoms with E-state index in [0.717, 1.165) is 54.7 Å². The monoisotopic (exact) mass is 399 g/mol. The van der Waals surface area contributed by atoms with Crippen LogP contribution in [-0.2, 0) is 12.8 Å². The zero-order valence-electron chi connectivity index (χ0n) is 18.2. The molecule has 0 bridgehead atoms. The lowest BCUT2D eigenvalue weighted by Crippen LogP contribution is -2.38. The third-order valence-electron chi connectivity index (χ3n) is 4.55. The van der Waals surface area contributed by atoms with Crippen molar-refractivity contribution in [1.29, 1.82) is 0 Å². The van der Waals surface area contributed by atoms with Gasteiger partial charge in [0.15, 0.2) is 5.96 Å². The summed E-state index contributed by atoms with van der Waals surface area (Å²) in [5.41, 5.74) is 3.55. The van der Waals surface area contributed by atoms with Gasteiger partial charge < -0.3 is 24.8 Å². The smallest absolute Gasteiger partial charge is 0.191 e. The SMILES string of the molecule is CCNC(=NCCc1cc(C)ccc1OC)NCCc1cc(OC)cc(OC)c1. The molecule has 0 saturated heterocycles. The summed E-state index contributed by atoms with van der Waals surface area (Å²) in [5, 5.41) is 6.69. The molecule has 2 N–H and O–H groups in total. The van der Waals surface area contributed by atoms with Crippen LogP contribution in [0.25, 0.3) is 0 Å². The second-order valence-corrected chi connectivity index (χ2v) is 6.72. The van der Waals surface area contributed by atoms with Gasteiger partial charge in [0.2, 0.25) is 0 Å². The van der Waals surface area contributed by atoms with Gasteiger partial charge in [-0.25, -0.2) is 0 Å². The lowest BCUT2D eigenvalue weighted by atomic mass is 10.1. The van der Waals surface area contributed by atoms with Crippen LogP contribution in [0, 0.1) is 6.92 Å². The van der Waals surface area contributed by atoms with E-state index in [9.17, 15) is 0 Å². The second kappa shape index (κ2) is 11.8. The van der Waals surface area contributed by atoms with E-state index < -0.39 is 0 Å². The summed E-state index contributed by atoms with van der Waals surface area (Å²) in [6.07, 6.45) is 1.66. The normalized spacial score (nSPS) is 11.1. The highest BCUT2D eigenvalue weighted by molar-refractivity contribution is 5.79. The Kier molecular flexibility index (Phi) is 9.15. The first-order chi connectivity index (χ1) is 14.1. The number of hydrogen-bond donors (Lipinski definition) is 2. The molecule has 0 aliphatic carbocycles. The van der Waals surface area contributed by atoms with Gasteiger partial charge in [-0.3, -0.25) is 4.99 Å². The number of benzene rings is 2. The second-order valence-electron chi connectivity index (χ2n) is 6.72. The van der Waals surface area contributed by atoms with Crippen LogP contribution in [0.2, 0.25) is 0 Å². The molecule has 158 valence electrons. The summed E-state index contributed by atoms with van der Waals surface area (Å²) in [5.74, 6) is 3.32. The molecule has 6 nitrogen and oxygen atoms in total. The summed E-state index contributed by atoms with van der Waals surface area (Å²) in [6, 6.07) is 12.2. The molecule has 0 aromatic heterocycles. The zero-order valence-corrected chi connectivity index (χ0v) is 18.2. The Balaban J connectivity index is 1.93. The average molecular weight is 400 g/mol. The van der Waals surface area contributed by atoms with Gasteiger partial charge in [0, 0.05) is 25.7 Å². The Bertz CT molecular complexity index is 784. The van der Waals surface area contributed by atoms with Crippen molar-refractivity contribution in [2.75, 3.05) is 41.0 Å². The van der Waals surface area contributed by atoms with Crippen molar-refractivity contribution in [3.05, 3.63) is 53.1 Å². The number of hydrogen-bond acceptors (Lipinski definition) is 4. The number of aryl methyl sites for hydroxylation is 1. The predicted molar refractivity (Wildman–Crippen MR) is 119 cm³/mol. The quantitative estimate of drug-likeness (QED) is 0.474. The van der Waals surface area contributed by atoms with E-state index in [1.54, 1.807) is 21.3 Å². The fourth-order valence-corrected chi connectivity index (χ4v) is 3.07. The molecule has 2 aromatic carbocycles. The van der Waals surface area contributed by atoms with Crippen LogP contribution in [-0.4, -0.2) is 46.9 Å². The van der Waals surface area contributed by atoms with Crippen LogP contribution >= 0.6 is 0 Å². The highest BCUT2D eigenvalue weighted by atomic mass is 16.5. The van der Waals surface area contributed by atoms with Gasteiger partial charge in [0.05, 0.1) is 21.3 Å². The van der Waals surface area contributed by atoms with Gasteiger partial charge in [0.1, 0.15) is 17.2 Å². The molecule has 0 aliphatic heterocycles. The fraction of sp³-hybridized carbons (Fsp3) is 0.435. The number of ether oxygens (including phenoxy) is 3. The summed E-state index contributed by atoms with van der Waals surface area (Å²) in [6.45, 7) is 6.41. The van der Waals surface area contributed by atoms with Crippen molar-refractivity contribution in [1.82, 2.24) is 10.6 Å². The highest BCUT2D eigenvalue weighted by Gasteiger charge is 2.05. The van der Waals surface area contributed by atoms with E-state index in [-0.39, 0.29) is 0 Å². The van der Waals surface area contributed by atoms with Gasteiger partial charge in [-0.1, -0.05) is 17.7 Å². The number of guanidine groups is 1. The molecule has 0 aliphatic rings. The molecule has 0 radical (unpaired) electrons. The minimum Gasteiger partial charge on any atom is -0.497 e. The molecule has 0 saturated carbocycles. The first-order valence-corrected chi connectivity index (χ1v) is 9.97. The maximum absolute atomic E-state index is 5.46. The molecule has 6 heteroatoms.